The second kappa shape index (κ2) is 10.0. The first-order valence-electron chi connectivity index (χ1n) is 8.38. The predicted octanol–water partition coefficient (Wildman–Crippen LogP) is 3.05. The van der Waals surface area contributed by atoms with E-state index in [0.717, 1.165) is 58.3 Å². The number of unbranched alkanes of at least 4 members (excludes halogenated alkanes) is 1. The van der Waals surface area contributed by atoms with Gasteiger partial charge in [0.05, 0.1) is 6.10 Å². The minimum atomic E-state index is -0.823. The molecular weight excluding hydrogens is 268 g/mol. The third-order valence-corrected chi connectivity index (χ3v) is 4.61. The Morgan fingerprint density at radius 2 is 1.76 bits per heavy atom. The van der Waals surface area contributed by atoms with Crippen molar-refractivity contribution in [3.8, 4) is 0 Å². The molecule has 0 bridgehead atoms. The molecule has 0 aromatic carbocycles. The molecule has 0 unspecified atom stereocenters. The lowest BCUT2D eigenvalue weighted by molar-refractivity contribution is 0.00951. The molecule has 5 heteroatoms. The standard InChI is InChI=1S/C16H32N2O3/c1-4-18(5-2)12-6-7-13-21-15-10-8-14(9-11-15)17(3)16(19)20/h14-15H,4-13H2,1-3H3,(H,19,20). The molecule has 0 aliphatic heterocycles. The van der Waals surface area contributed by atoms with E-state index < -0.39 is 6.09 Å². The summed E-state index contributed by atoms with van der Waals surface area (Å²) in [5, 5.41) is 8.98. The van der Waals surface area contributed by atoms with Crippen LogP contribution in [0.5, 0.6) is 0 Å². The van der Waals surface area contributed by atoms with Crippen molar-refractivity contribution in [2.75, 3.05) is 33.3 Å². The molecule has 0 aromatic rings. The van der Waals surface area contributed by atoms with Gasteiger partial charge in [0.25, 0.3) is 0 Å². The van der Waals surface area contributed by atoms with Gasteiger partial charge in [-0.15, -0.1) is 0 Å². The molecule has 5 nitrogen and oxygen atoms in total. The topological polar surface area (TPSA) is 53.0 Å². The molecule has 1 aliphatic rings. The summed E-state index contributed by atoms with van der Waals surface area (Å²) in [5.74, 6) is 0. The van der Waals surface area contributed by atoms with Crippen LogP contribution >= 0.6 is 0 Å². The number of carboxylic acid groups (broad SMARTS) is 1. The van der Waals surface area contributed by atoms with Crippen LogP contribution in [0.1, 0.15) is 52.4 Å². The normalized spacial score (nSPS) is 22.5. The van der Waals surface area contributed by atoms with Crippen LogP contribution in [-0.4, -0.2) is 66.4 Å². The minimum absolute atomic E-state index is 0.171. The fourth-order valence-corrected chi connectivity index (χ4v) is 2.98. The lowest BCUT2D eigenvalue weighted by atomic mass is 9.92. The first kappa shape index (κ1) is 18.2. The van der Waals surface area contributed by atoms with Crippen LogP contribution in [0.2, 0.25) is 0 Å². The molecule has 21 heavy (non-hydrogen) atoms. The van der Waals surface area contributed by atoms with E-state index in [1.165, 1.54) is 11.3 Å². The number of rotatable bonds is 9. The predicted molar refractivity (Wildman–Crippen MR) is 84.8 cm³/mol. The van der Waals surface area contributed by atoms with Gasteiger partial charge in [-0.25, -0.2) is 4.79 Å². The van der Waals surface area contributed by atoms with E-state index >= 15 is 0 Å². The summed E-state index contributed by atoms with van der Waals surface area (Å²) >= 11 is 0. The highest BCUT2D eigenvalue weighted by molar-refractivity contribution is 5.64. The van der Waals surface area contributed by atoms with Gasteiger partial charge in [-0.2, -0.15) is 0 Å². The lowest BCUT2D eigenvalue weighted by Gasteiger charge is -2.33. The van der Waals surface area contributed by atoms with E-state index in [-0.39, 0.29) is 6.04 Å². The molecule has 1 amide bonds. The zero-order chi connectivity index (χ0) is 15.7. The van der Waals surface area contributed by atoms with Gasteiger partial charge in [0.1, 0.15) is 0 Å². The molecule has 124 valence electrons. The molecule has 1 saturated carbocycles. The van der Waals surface area contributed by atoms with E-state index in [2.05, 4.69) is 18.7 Å². The first-order chi connectivity index (χ1) is 10.1. The van der Waals surface area contributed by atoms with Gasteiger partial charge in [-0.1, -0.05) is 13.8 Å². The van der Waals surface area contributed by atoms with Crippen molar-refractivity contribution in [1.82, 2.24) is 9.80 Å². The van der Waals surface area contributed by atoms with Crippen molar-refractivity contribution in [1.29, 1.82) is 0 Å². The van der Waals surface area contributed by atoms with Crippen LogP contribution in [0, 0.1) is 0 Å². The summed E-state index contributed by atoms with van der Waals surface area (Å²) in [6.07, 6.45) is 5.63. The summed E-state index contributed by atoms with van der Waals surface area (Å²) in [5.41, 5.74) is 0. The largest absolute Gasteiger partial charge is 0.465 e. The quantitative estimate of drug-likeness (QED) is 0.665. The molecule has 1 N–H and O–H groups in total. The third kappa shape index (κ3) is 6.66. The van der Waals surface area contributed by atoms with Crippen molar-refractivity contribution in [2.24, 2.45) is 0 Å². The first-order valence-corrected chi connectivity index (χ1v) is 8.38. The maximum atomic E-state index is 10.9. The van der Waals surface area contributed by atoms with Gasteiger partial charge >= 0.3 is 6.09 Å². The second-order valence-corrected chi connectivity index (χ2v) is 5.93. The molecular formula is C16H32N2O3. The van der Waals surface area contributed by atoms with E-state index in [0.29, 0.717) is 6.10 Å². The summed E-state index contributed by atoms with van der Waals surface area (Å²) < 4.78 is 5.94. The van der Waals surface area contributed by atoms with Crippen molar-refractivity contribution in [2.45, 2.75) is 64.5 Å². The lowest BCUT2D eigenvalue weighted by Crippen LogP contribution is -2.40. The molecule has 0 saturated heterocycles. The molecule has 1 aliphatic carbocycles. The number of hydrogen-bond acceptors (Lipinski definition) is 3. The third-order valence-electron chi connectivity index (χ3n) is 4.61. The fraction of sp³-hybridized carbons (Fsp3) is 0.938. The van der Waals surface area contributed by atoms with Crippen molar-refractivity contribution in [3.05, 3.63) is 0 Å². The van der Waals surface area contributed by atoms with Crippen molar-refractivity contribution < 1.29 is 14.6 Å². The van der Waals surface area contributed by atoms with Gasteiger partial charge in [0, 0.05) is 19.7 Å². The van der Waals surface area contributed by atoms with Crippen LogP contribution in [-0.2, 0) is 4.74 Å². The van der Waals surface area contributed by atoms with Gasteiger partial charge in [0.15, 0.2) is 0 Å². The van der Waals surface area contributed by atoms with Crippen LogP contribution < -0.4 is 0 Å². The zero-order valence-corrected chi connectivity index (χ0v) is 13.9. The van der Waals surface area contributed by atoms with E-state index in [4.69, 9.17) is 9.84 Å². The fourth-order valence-electron chi connectivity index (χ4n) is 2.98. The Bertz CT molecular complexity index is 287. The molecule has 0 spiro atoms. The molecule has 0 heterocycles. The van der Waals surface area contributed by atoms with Gasteiger partial charge in [-0.05, 0) is 58.2 Å². The molecule has 0 aromatic heterocycles. The summed E-state index contributed by atoms with van der Waals surface area (Å²) in [6, 6.07) is 0.171. The number of amides is 1. The Balaban J connectivity index is 2.07. The molecule has 0 atom stereocenters. The van der Waals surface area contributed by atoms with E-state index in [9.17, 15) is 4.79 Å². The molecule has 1 fully saturated rings. The van der Waals surface area contributed by atoms with Crippen molar-refractivity contribution >= 4 is 6.09 Å². The maximum absolute atomic E-state index is 10.9. The summed E-state index contributed by atoms with van der Waals surface area (Å²) in [6.45, 7) is 8.65. The summed E-state index contributed by atoms with van der Waals surface area (Å²) in [7, 11) is 1.67. The van der Waals surface area contributed by atoms with Gasteiger partial charge in [0.2, 0.25) is 0 Å². The highest BCUT2D eigenvalue weighted by atomic mass is 16.5. The Hall–Kier alpha value is -0.810. The number of carbonyl (C=O) groups is 1. The highest BCUT2D eigenvalue weighted by Crippen LogP contribution is 2.24. The average molecular weight is 300 g/mol. The Morgan fingerprint density at radius 1 is 1.14 bits per heavy atom. The smallest absolute Gasteiger partial charge is 0.407 e. The molecule has 0 radical (unpaired) electrons. The van der Waals surface area contributed by atoms with Crippen LogP contribution in [0.15, 0.2) is 0 Å². The minimum Gasteiger partial charge on any atom is -0.465 e. The molecule has 1 rings (SSSR count). The number of ether oxygens (including phenoxy) is 1. The average Bonchev–Trinajstić information content (AvgIpc) is 2.50. The summed E-state index contributed by atoms with van der Waals surface area (Å²) in [4.78, 5) is 14.8. The van der Waals surface area contributed by atoms with Gasteiger partial charge in [-0.3, -0.25) is 0 Å². The van der Waals surface area contributed by atoms with Crippen LogP contribution in [0.3, 0.4) is 0 Å². The SMILES string of the molecule is CCN(CC)CCCCOC1CCC(N(C)C(=O)O)CC1. The van der Waals surface area contributed by atoms with E-state index in [1.807, 2.05) is 0 Å². The van der Waals surface area contributed by atoms with Crippen molar-refractivity contribution in [3.63, 3.8) is 0 Å². The van der Waals surface area contributed by atoms with E-state index in [1.54, 1.807) is 7.05 Å². The number of hydrogen-bond donors (Lipinski definition) is 1. The second-order valence-electron chi connectivity index (χ2n) is 5.93. The Morgan fingerprint density at radius 3 is 2.29 bits per heavy atom. The monoisotopic (exact) mass is 300 g/mol. The zero-order valence-electron chi connectivity index (χ0n) is 13.9. The maximum Gasteiger partial charge on any atom is 0.407 e. The Labute approximate surface area is 129 Å². The Kier molecular flexibility index (Phi) is 8.69. The van der Waals surface area contributed by atoms with Crippen LogP contribution in [0.25, 0.3) is 0 Å². The number of nitrogens with zero attached hydrogens (tertiary/aromatic N) is 2. The van der Waals surface area contributed by atoms with Gasteiger partial charge < -0.3 is 19.6 Å². The highest BCUT2D eigenvalue weighted by Gasteiger charge is 2.26. The van der Waals surface area contributed by atoms with Crippen LogP contribution in [0.4, 0.5) is 4.79 Å².